The molecule has 0 aliphatic heterocycles. The molecule has 15 heavy (non-hydrogen) atoms. The summed E-state index contributed by atoms with van der Waals surface area (Å²) in [6.45, 7) is 2.22. The van der Waals surface area contributed by atoms with E-state index in [1.807, 2.05) is 6.07 Å². The first kappa shape index (κ1) is 12.3. The molecular weight excluding hydrogens is 188 g/mol. The fourth-order valence-electron chi connectivity index (χ4n) is 1.77. The van der Waals surface area contributed by atoms with E-state index in [0.29, 0.717) is 0 Å². The van der Waals surface area contributed by atoms with Gasteiger partial charge in [0, 0.05) is 6.42 Å². The lowest BCUT2D eigenvalue weighted by molar-refractivity contribution is 0.160. The molecule has 0 radical (unpaired) electrons. The molecule has 86 valence electrons. The normalized spacial score (nSPS) is 12.9. The van der Waals surface area contributed by atoms with Gasteiger partial charge >= 0.3 is 0 Å². The molecule has 0 fully saturated rings. The Kier molecular flexibility index (Phi) is 6.17. The Morgan fingerprint density at radius 2 is 2.07 bits per heavy atom. The molecule has 1 heterocycles. The Morgan fingerprint density at radius 1 is 1.27 bits per heavy atom. The average Bonchev–Trinajstić information content (AvgIpc) is 2.70. The first-order valence-electron chi connectivity index (χ1n) is 6.02. The highest BCUT2D eigenvalue weighted by atomic mass is 16.3. The van der Waals surface area contributed by atoms with Crippen molar-refractivity contribution in [1.82, 2.24) is 0 Å². The number of aliphatic hydroxyl groups excluding tert-OH is 1. The third-order valence-electron chi connectivity index (χ3n) is 2.69. The van der Waals surface area contributed by atoms with Crippen LogP contribution in [0.4, 0.5) is 0 Å². The van der Waals surface area contributed by atoms with Crippen molar-refractivity contribution in [2.24, 2.45) is 0 Å². The maximum atomic E-state index is 9.74. The fourth-order valence-corrected chi connectivity index (χ4v) is 1.77. The Hall–Kier alpha value is -0.760. The molecule has 0 aliphatic rings. The van der Waals surface area contributed by atoms with Crippen LogP contribution >= 0.6 is 0 Å². The van der Waals surface area contributed by atoms with Crippen LogP contribution in [0, 0.1) is 0 Å². The van der Waals surface area contributed by atoms with Crippen LogP contribution in [-0.4, -0.2) is 11.2 Å². The van der Waals surface area contributed by atoms with Crippen molar-refractivity contribution in [2.45, 2.75) is 58.0 Å². The summed E-state index contributed by atoms with van der Waals surface area (Å²) in [5.41, 5.74) is 1.09. The minimum absolute atomic E-state index is 0.204. The van der Waals surface area contributed by atoms with Crippen LogP contribution in [0.2, 0.25) is 0 Å². The van der Waals surface area contributed by atoms with Gasteiger partial charge in [0.15, 0.2) is 0 Å². The third-order valence-corrected chi connectivity index (χ3v) is 2.69. The Bertz CT molecular complexity index is 229. The summed E-state index contributed by atoms with van der Waals surface area (Å²) in [7, 11) is 0. The van der Waals surface area contributed by atoms with Gasteiger partial charge in [0.2, 0.25) is 0 Å². The van der Waals surface area contributed by atoms with Gasteiger partial charge in [-0.05, 0) is 18.1 Å². The lowest BCUT2D eigenvalue weighted by atomic mass is 10.0. The van der Waals surface area contributed by atoms with Crippen LogP contribution in [0.1, 0.15) is 51.0 Å². The van der Waals surface area contributed by atoms with E-state index in [1.165, 1.54) is 25.7 Å². The summed E-state index contributed by atoms with van der Waals surface area (Å²) in [6.07, 6.45) is 11.1. The summed E-state index contributed by atoms with van der Waals surface area (Å²) in [6, 6.07) is 1.92. The summed E-state index contributed by atoms with van der Waals surface area (Å²) in [5.74, 6) is 0. The number of rotatable bonds is 8. The van der Waals surface area contributed by atoms with E-state index in [9.17, 15) is 5.11 Å². The summed E-state index contributed by atoms with van der Waals surface area (Å²) < 4.78 is 4.96. The standard InChI is InChI=1S/C13H22O2/c1-2-3-4-5-6-7-13(14)10-12-8-9-15-11-12/h8-9,11,13-14H,2-7,10H2,1H3. The van der Waals surface area contributed by atoms with Gasteiger partial charge in [-0.1, -0.05) is 39.0 Å². The van der Waals surface area contributed by atoms with Gasteiger partial charge in [-0.2, -0.15) is 0 Å². The largest absolute Gasteiger partial charge is 0.472 e. The van der Waals surface area contributed by atoms with Crippen molar-refractivity contribution < 1.29 is 9.52 Å². The maximum Gasteiger partial charge on any atom is 0.0935 e. The monoisotopic (exact) mass is 210 g/mol. The molecule has 1 aromatic rings. The zero-order valence-corrected chi connectivity index (χ0v) is 9.61. The van der Waals surface area contributed by atoms with Gasteiger partial charge in [-0.15, -0.1) is 0 Å². The van der Waals surface area contributed by atoms with Crippen LogP contribution in [0.5, 0.6) is 0 Å². The first-order valence-corrected chi connectivity index (χ1v) is 6.02. The van der Waals surface area contributed by atoms with E-state index in [-0.39, 0.29) is 6.10 Å². The van der Waals surface area contributed by atoms with Crippen molar-refractivity contribution in [3.05, 3.63) is 24.2 Å². The van der Waals surface area contributed by atoms with Gasteiger partial charge in [-0.25, -0.2) is 0 Å². The summed E-state index contributed by atoms with van der Waals surface area (Å²) >= 11 is 0. The van der Waals surface area contributed by atoms with E-state index in [1.54, 1.807) is 12.5 Å². The molecule has 1 aromatic heterocycles. The van der Waals surface area contributed by atoms with E-state index >= 15 is 0 Å². The van der Waals surface area contributed by atoms with Crippen molar-refractivity contribution >= 4 is 0 Å². The van der Waals surface area contributed by atoms with Crippen molar-refractivity contribution in [3.63, 3.8) is 0 Å². The summed E-state index contributed by atoms with van der Waals surface area (Å²) in [4.78, 5) is 0. The second kappa shape index (κ2) is 7.52. The van der Waals surface area contributed by atoms with Gasteiger partial charge < -0.3 is 9.52 Å². The van der Waals surface area contributed by atoms with Crippen LogP contribution < -0.4 is 0 Å². The minimum Gasteiger partial charge on any atom is -0.472 e. The number of aliphatic hydroxyl groups is 1. The molecule has 2 nitrogen and oxygen atoms in total. The van der Waals surface area contributed by atoms with Crippen LogP contribution in [0.3, 0.4) is 0 Å². The highest BCUT2D eigenvalue weighted by Gasteiger charge is 2.05. The molecule has 0 bridgehead atoms. The molecule has 0 aliphatic carbocycles. The molecule has 0 amide bonds. The van der Waals surface area contributed by atoms with E-state index < -0.39 is 0 Å². The Balaban J connectivity index is 2.01. The SMILES string of the molecule is CCCCCCCC(O)Cc1ccoc1. The molecule has 1 N–H and O–H groups in total. The predicted molar refractivity (Wildman–Crippen MR) is 61.8 cm³/mol. The zero-order chi connectivity index (χ0) is 10.9. The van der Waals surface area contributed by atoms with E-state index in [4.69, 9.17) is 4.42 Å². The number of unbranched alkanes of at least 4 members (excludes halogenated alkanes) is 4. The summed E-state index contributed by atoms with van der Waals surface area (Å²) in [5, 5.41) is 9.74. The second-order valence-corrected chi connectivity index (χ2v) is 4.19. The predicted octanol–water partition coefficient (Wildman–Crippen LogP) is 3.54. The van der Waals surface area contributed by atoms with E-state index in [2.05, 4.69) is 6.92 Å². The molecular formula is C13H22O2. The fraction of sp³-hybridized carbons (Fsp3) is 0.692. The zero-order valence-electron chi connectivity index (χ0n) is 9.61. The molecule has 0 saturated carbocycles. The molecule has 1 unspecified atom stereocenters. The van der Waals surface area contributed by atoms with Crippen LogP contribution in [0.15, 0.2) is 23.0 Å². The van der Waals surface area contributed by atoms with Crippen molar-refractivity contribution in [2.75, 3.05) is 0 Å². The van der Waals surface area contributed by atoms with Crippen LogP contribution in [-0.2, 0) is 6.42 Å². The van der Waals surface area contributed by atoms with Gasteiger partial charge in [0.1, 0.15) is 0 Å². The highest BCUT2D eigenvalue weighted by Crippen LogP contribution is 2.11. The van der Waals surface area contributed by atoms with Gasteiger partial charge in [-0.3, -0.25) is 0 Å². The lowest BCUT2D eigenvalue weighted by Gasteiger charge is -2.08. The smallest absolute Gasteiger partial charge is 0.0935 e. The van der Waals surface area contributed by atoms with E-state index in [0.717, 1.165) is 24.8 Å². The molecule has 1 rings (SSSR count). The number of hydrogen-bond acceptors (Lipinski definition) is 2. The van der Waals surface area contributed by atoms with Gasteiger partial charge in [0.05, 0.1) is 18.6 Å². The number of furan rings is 1. The maximum absolute atomic E-state index is 9.74. The minimum atomic E-state index is -0.204. The topological polar surface area (TPSA) is 33.4 Å². The molecule has 0 spiro atoms. The lowest BCUT2D eigenvalue weighted by Crippen LogP contribution is -2.09. The molecule has 0 aromatic carbocycles. The third kappa shape index (κ3) is 5.63. The molecule has 0 saturated heterocycles. The van der Waals surface area contributed by atoms with Crippen LogP contribution in [0.25, 0.3) is 0 Å². The average molecular weight is 210 g/mol. The molecule has 2 heteroatoms. The number of hydrogen-bond donors (Lipinski definition) is 1. The van der Waals surface area contributed by atoms with Crippen molar-refractivity contribution in [3.8, 4) is 0 Å². The molecule has 1 atom stereocenters. The highest BCUT2D eigenvalue weighted by molar-refractivity contribution is 5.06. The van der Waals surface area contributed by atoms with Gasteiger partial charge in [0.25, 0.3) is 0 Å². The quantitative estimate of drug-likeness (QED) is 0.666. The Labute approximate surface area is 92.3 Å². The first-order chi connectivity index (χ1) is 7.33. The Morgan fingerprint density at radius 3 is 2.73 bits per heavy atom. The van der Waals surface area contributed by atoms with Crippen molar-refractivity contribution in [1.29, 1.82) is 0 Å². The second-order valence-electron chi connectivity index (χ2n) is 4.19.